The van der Waals surface area contributed by atoms with E-state index in [0.29, 0.717) is 19.5 Å². The molecule has 1 aliphatic heterocycles. The summed E-state index contributed by atoms with van der Waals surface area (Å²) in [4.78, 5) is 28.5. The number of carbonyl (C=O) groups is 2. The monoisotopic (exact) mass is 369 g/mol. The first-order chi connectivity index (χ1) is 11.5. The van der Waals surface area contributed by atoms with Crippen LogP contribution in [0.3, 0.4) is 0 Å². The molecule has 1 saturated heterocycles. The van der Waals surface area contributed by atoms with Gasteiger partial charge in [-0.15, -0.1) is 12.4 Å². The molecule has 1 unspecified atom stereocenters. The molecule has 2 N–H and O–H groups in total. The average molecular weight is 370 g/mol. The standard InChI is InChI=1S/C18H24FN3O2.ClH/c1-21(17(23)13-6-4-5-12(13)11-20)16-9-10-22(18(16)24)15-8-3-2-7-14(15)19;/h2-3,7-8,12-13,16H,4-6,9-11,20H2,1H3;1H/t12-,13-,16?;/m1./s1. The molecule has 5 nitrogen and oxygen atoms in total. The highest BCUT2D eigenvalue weighted by Gasteiger charge is 2.41. The average Bonchev–Trinajstić information content (AvgIpc) is 3.20. The Hall–Kier alpha value is -1.66. The van der Waals surface area contributed by atoms with E-state index in [9.17, 15) is 14.0 Å². The van der Waals surface area contributed by atoms with Crippen LogP contribution in [0.5, 0.6) is 0 Å². The molecule has 1 aliphatic carbocycles. The minimum absolute atomic E-state index is 0. The van der Waals surface area contributed by atoms with Crippen LogP contribution in [0, 0.1) is 17.7 Å². The number of carbonyl (C=O) groups excluding carboxylic acids is 2. The van der Waals surface area contributed by atoms with Gasteiger partial charge in [0.15, 0.2) is 0 Å². The molecule has 1 aromatic rings. The highest BCUT2D eigenvalue weighted by molar-refractivity contribution is 6.01. The molecular formula is C18H25ClFN3O2. The van der Waals surface area contributed by atoms with E-state index in [1.807, 2.05) is 0 Å². The molecule has 2 amide bonds. The Balaban J connectivity index is 0.00000225. The second kappa shape index (κ2) is 8.15. The number of hydrogen-bond acceptors (Lipinski definition) is 3. The minimum atomic E-state index is -0.517. The van der Waals surface area contributed by atoms with E-state index in [2.05, 4.69) is 0 Å². The zero-order chi connectivity index (χ0) is 17.3. The van der Waals surface area contributed by atoms with Crippen LogP contribution in [-0.2, 0) is 9.59 Å². The quantitative estimate of drug-likeness (QED) is 0.884. The molecule has 0 bridgehead atoms. The van der Waals surface area contributed by atoms with E-state index in [1.165, 1.54) is 11.0 Å². The Morgan fingerprint density at radius 1 is 1.32 bits per heavy atom. The first-order valence-corrected chi connectivity index (χ1v) is 8.57. The number of anilines is 1. The SMILES string of the molecule is CN(C(=O)[C@@H]1CCC[C@@H]1CN)C1CCN(c2ccccc2F)C1=O.Cl. The fraction of sp³-hybridized carbons (Fsp3) is 0.556. The molecule has 7 heteroatoms. The highest BCUT2D eigenvalue weighted by Crippen LogP contribution is 2.34. The van der Waals surface area contributed by atoms with Crippen molar-refractivity contribution in [3.8, 4) is 0 Å². The largest absolute Gasteiger partial charge is 0.333 e. The summed E-state index contributed by atoms with van der Waals surface area (Å²) in [5.41, 5.74) is 6.05. The van der Waals surface area contributed by atoms with Crippen molar-refractivity contribution in [2.75, 3.05) is 25.0 Å². The first kappa shape index (κ1) is 19.7. The van der Waals surface area contributed by atoms with E-state index in [4.69, 9.17) is 5.73 Å². The van der Waals surface area contributed by atoms with E-state index in [-0.39, 0.29) is 41.7 Å². The van der Waals surface area contributed by atoms with Gasteiger partial charge in [0.05, 0.1) is 5.69 Å². The lowest BCUT2D eigenvalue weighted by atomic mass is 9.94. The van der Waals surface area contributed by atoms with E-state index < -0.39 is 11.9 Å². The smallest absolute Gasteiger partial charge is 0.249 e. The third-order valence-corrected chi connectivity index (χ3v) is 5.41. The van der Waals surface area contributed by atoms with Gasteiger partial charge in [0.2, 0.25) is 11.8 Å². The molecule has 0 radical (unpaired) electrons. The molecule has 2 fully saturated rings. The normalized spacial score (nSPS) is 25.8. The van der Waals surface area contributed by atoms with Gasteiger partial charge in [-0.05, 0) is 43.9 Å². The highest BCUT2D eigenvalue weighted by atomic mass is 35.5. The van der Waals surface area contributed by atoms with Gasteiger partial charge in [0, 0.05) is 19.5 Å². The van der Waals surface area contributed by atoms with Crippen LogP contribution in [-0.4, -0.2) is 42.9 Å². The third-order valence-electron chi connectivity index (χ3n) is 5.41. The Labute approximate surface area is 153 Å². The maximum absolute atomic E-state index is 14.0. The summed E-state index contributed by atoms with van der Waals surface area (Å²) < 4.78 is 14.0. The number of likely N-dealkylation sites (N-methyl/N-ethyl adjacent to an activating group) is 1. The summed E-state index contributed by atoms with van der Waals surface area (Å²) in [6.45, 7) is 0.928. The van der Waals surface area contributed by atoms with Crippen molar-refractivity contribution in [3.05, 3.63) is 30.1 Å². The van der Waals surface area contributed by atoms with Crippen LogP contribution < -0.4 is 10.6 Å². The predicted octanol–water partition coefficient (Wildman–Crippen LogP) is 2.19. The molecule has 1 heterocycles. The first-order valence-electron chi connectivity index (χ1n) is 8.57. The van der Waals surface area contributed by atoms with Gasteiger partial charge < -0.3 is 15.5 Å². The third kappa shape index (κ3) is 3.65. The molecule has 1 aromatic carbocycles. The van der Waals surface area contributed by atoms with Crippen LogP contribution in [0.1, 0.15) is 25.7 Å². The Morgan fingerprint density at radius 3 is 2.72 bits per heavy atom. The summed E-state index contributed by atoms with van der Waals surface area (Å²) >= 11 is 0. The summed E-state index contributed by atoms with van der Waals surface area (Å²) in [6, 6.07) is 5.72. The van der Waals surface area contributed by atoms with Gasteiger partial charge in [0.25, 0.3) is 0 Å². The van der Waals surface area contributed by atoms with Gasteiger partial charge >= 0.3 is 0 Å². The number of hydrogen-bond donors (Lipinski definition) is 1. The molecule has 25 heavy (non-hydrogen) atoms. The second-order valence-electron chi connectivity index (χ2n) is 6.73. The second-order valence-corrected chi connectivity index (χ2v) is 6.73. The zero-order valence-electron chi connectivity index (χ0n) is 14.4. The summed E-state index contributed by atoms with van der Waals surface area (Å²) in [5.74, 6) is -0.510. The fourth-order valence-corrected chi connectivity index (χ4v) is 3.99. The minimum Gasteiger partial charge on any atom is -0.333 e. The van der Waals surface area contributed by atoms with Crippen molar-refractivity contribution < 1.29 is 14.0 Å². The molecule has 2 aliphatic rings. The van der Waals surface area contributed by atoms with E-state index in [1.54, 1.807) is 30.1 Å². The topological polar surface area (TPSA) is 66.6 Å². The fourth-order valence-electron chi connectivity index (χ4n) is 3.99. The predicted molar refractivity (Wildman–Crippen MR) is 97.1 cm³/mol. The number of rotatable bonds is 4. The van der Waals surface area contributed by atoms with Crippen molar-refractivity contribution in [2.24, 2.45) is 17.6 Å². The van der Waals surface area contributed by atoms with Crippen molar-refractivity contribution >= 4 is 29.9 Å². The van der Waals surface area contributed by atoms with Gasteiger partial charge in [0.1, 0.15) is 11.9 Å². The Kier molecular flexibility index (Phi) is 6.41. The summed E-state index contributed by atoms with van der Waals surface area (Å²) in [6.07, 6.45) is 3.34. The van der Waals surface area contributed by atoms with Crippen LogP contribution in [0.2, 0.25) is 0 Å². The van der Waals surface area contributed by atoms with Gasteiger partial charge in [-0.25, -0.2) is 4.39 Å². The molecule has 3 rings (SSSR count). The number of nitrogens with zero attached hydrogens (tertiary/aromatic N) is 2. The number of halogens is 2. The summed E-state index contributed by atoms with van der Waals surface area (Å²) in [5, 5.41) is 0. The lowest BCUT2D eigenvalue weighted by Crippen LogP contribution is -2.46. The van der Waals surface area contributed by atoms with Crippen molar-refractivity contribution in [1.29, 1.82) is 0 Å². The van der Waals surface area contributed by atoms with Crippen LogP contribution in [0.4, 0.5) is 10.1 Å². The maximum Gasteiger partial charge on any atom is 0.249 e. The van der Waals surface area contributed by atoms with Crippen molar-refractivity contribution in [3.63, 3.8) is 0 Å². The molecule has 3 atom stereocenters. The molecule has 1 saturated carbocycles. The number of benzene rings is 1. The van der Waals surface area contributed by atoms with Gasteiger partial charge in [-0.1, -0.05) is 18.6 Å². The van der Waals surface area contributed by atoms with Crippen molar-refractivity contribution in [2.45, 2.75) is 31.7 Å². The maximum atomic E-state index is 14.0. The van der Waals surface area contributed by atoms with Gasteiger partial charge in [-0.3, -0.25) is 9.59 Å². The van der Waals surface area contributed by atoms with E-state index >= 15 is 0 Å². The lowest BCUT2D eigenvalue weighted by Gasteiger charge is -2.28. The number of nitrogens with two attached hydrogens (primary N) is 1. The Bertz CT molecular complexity index is 643. The molecule has 0 aromatic heterocycles. The van der Waals surface area contributed by atoms with Crippen molar-refractivity contribution in [1.82, 2.24) is 4.90 Å². The lowest BCUT2D eigenvalue weighted by molar-refractivity contribution is -0.141. The Morgan fingerprint density at radius 2 is 2.04 bits per heavy atom. The molecule has 138 valence electrons. The van der Waals surface area contributed by atoms with Crippen LogP contribution in [0.25, 0.3) is 0 Å². The van der Waals surface area contributed by atoms with E-state index in [0.717, 1.165) is 19.3 Å². The number of para-hydroxylation sites is 1. The number of amides is 2. The summed E-state index contributed by atoms with van der Waals surface area (Å²) in [7, 11) is 1.68. The van der Waals surface area contributed by atoms with Gasteiger partial charge in [-0.2, -0.15) is 0 Å². The zero-order valence-corrected chi connectivity index (χ0v) is 15.2. The molecular weight excluding hydrogens is 345 g/mol. The van der Waals surface area contributed by atoms with Crippen LogP contribution >= 0.6 is 12.4 Å². The van der Waals surface area contributed by atoms with Crippen LogP contribution in [0.15, 0.2) is 24.3 Å². The molecule has 0 spiro atoms.